The average Bonchev–Trinajstić information content (AvgIpc) is 2.62. The highest BCUT2D eigenvalue weighted by atomic mass is 16.6. The first-order valence-corrected chi connectivity index (χ1v) is 8.63. The van der Waals surface area contributed by atoms with E-state index in [2.05, 4.69) is 12.2 Å². The summed E-state index contributed by atoms with van der Waals surface area (Å²) in [6.07, 6.45) is 12.8. The van der Waals surface area contributed by atoms with Gasteiger partial charge in [-0.15, -0.1) is 0 Å². The molecule has 0 saturated carbocycles. The third-order valence-electron chi connectivity index (χ3n) is 3.69. The highest BCUT2D eigenvalue weighted by Crippen LogP contribution is 2.29. The standard InChI is InChI=1S/C21H22O6/c1-15(22)26-19-10-8-18(14-20(19)27-16(2)23)9-11-21(24)25-13-12-17-6-4-3-5-7-17/h3-6,8-11,14,17H,7,12-13H2,1-2H3/b11-9+. The molecule has 0 aliphatic heterocycles. The summed E-state index contributed by atoms with van der Waals surface area (Å²) in [6, 6.07) is 4.63. The van der Waals surface area contributed by atoms with Crippen molar-refractivity contribution in [2.45, 2.75) is 26.7 Å². The number of benzene rings is 1. The van der Waals surface area contributed by atoms with Crippen LogP contribution in [-0.4, -0.2) is 24.5 Å². The van der Waals surface area contributed by atoms with Crippen molar-refractivity contribution in [3.63, 3.8) is 0 Å². The molecule has 0 saturated heterocycles. The Hall–Kier alpha value is -3.15. The zero-order valence-electron chi connectivity index (χ0n) is 15.3. The van der Waals surface area contributed by atoms with Gasteiger partial charge in [0.15, 0.2) is 11.5 Å². The predicted octanol–water partition coefficient (Wildman–Crippen LogP) is 3.62. The second kappa shape index (κ2) is 10.1. The minimum Gasteiger partial charge on any atom is -0.463 e. The fraction of sp³-hybridized carbons (Fsp3) is 0.286. The van der Waals surface area contributed by atoms with E-state index in [9.17, 15) is 14.4 Å². The van der Waals surface area contributed by atoms with Crippen molar-refractivity contribution in [2.24, 2.45) is 5.92 Å². The molecule has 6 heteroatoms. The van der Waals surface area contributed by atoms with Crippen LogP contribution in [0.2, 0.25) is 0 Å². The van der Waals surface area contributed by atoms with Crippen molar-refractivity contribution in [3.8, 4) is 11.5 Å². The summed E-state index contributed by atoms with van der Waals surface area (Å²) in [5.74, 6) is -0.901. The van der Waals surface area contributed by atoms with Gasteiger partial charge >= 0.3 is 17.9 Å². The van der Waals surface area contributed by atoms with Crippen LogP contribution >= 0.6 is 0 Å². The van der Waals surface area contributed by atoms with Crippen LogP contribution in [0.1, 0.15) is 32.3 Å². The van der Waals surface area contributed by atoms with E-state index in [1.165, 1.54) is 38.1 Å². The van der Waals surface area contributed by atoms with Crippen molar-refractivity contribution < 1.29 is 28.6 Å². The summed E-state index contributed by atoms with van der Waals surface area (Å²) in [6.45, 7) is 2.84. The molecule has 0 heterocycles. The molecule has 1 aliphatic rings. The molecule has 0 amide bonds. The number of carbonyl (C=O) groups is 3. The smallest absolute Gasteiger partial charge is 0.330 e. The summed E-state index contributed by atoms with van der Waals surface area (Å²) in [5.41, 5.74) is 0.597. The number of hydrogen-bond acceptors (Lipinski definition) is 6. The van der Waals surface area contributed by atoms with Gasteiger partial charge in [0.1, 0.15) is 0 Å². The fourth-order valence-corrected chi connectivity index (χ4v) is 2.47. The Bertz CT molecular complexity index is 788. The van der Waals surface area contributed by atoms with E-state index in [1.807, 2.05) is 12.2 Å². The van der Waals surface area contributed by atoms with E-state index in [0.29, 0.717) is 18.1 Å². The van der Waals surface area contributed by atoms with E-state index in [4.69, 9.17) is 14.2 Å². The zero-order chi connectivity index (χ0) is 19.6. The second-order valence-electron chi connectivity index (χ2n) is 5.99. The molecule has 0 fully saturated rings. The van der Waals surface area contributed by atoms with Crippen molar-refractivity contribution in [1.82, 2.24) is 0 Å². The highest BCUT2D eigenvalue weighted by molar-refractivity contribution is 5.87. The van der Waals surface area contributed by atoms with E-state index in [-0.39, 0.29) is 11.5 Å². The zero-order valence-corrected chi connectivity index (χ0v) is 15.3. The van der Waals surface area contributed by atoms with Gasteiger partial charge in [-0.3, -0.25) is 9.59 Å². The number of hydrogen-bond donors (Lipinski definition) is 0. The Labute approximate surface area is 158 Å². The van der Waals surface area contributed by atoms with Crippen LogP contribution in [0.4, 0.5) is 0 Å². The molecule has 2 rings (SSSR count). The molecule has 1 aliphatic carbocycles. The van der Waals surface area contributed by atoms with Crippen LogP contribution in [0.3, 0.4) is 0 Å². The molecule has 0 bridgehead atoms. The van der Waals surface area contributed by atoms with Gasteiger partial charge in [-0.1, -0.05) is 30.4 Å². The summed E-state index contributed by atoms with van der Waals surface area (Å²) in [7, 11) is 0. The Kier molecular flexibility index (Phi) is 7.55. The molecule has 27 heavy (non-hydrogen) atoms. The minimum atomic E-state index is -0.546. The van der Waals surface area contributed by atoms with E-state index in [0.717, 1.165) is 12.8 Å². The lowest BCUT2D eigenvalue weighted by Crippen LogP contribution is -2.08. The lowest BCUT2D eigenvalue weighted by molar-refractivity contribution is -0.138. The Morgan fingerprint density at radius 3 is 2.48 bits per heavy atom. The summed E-state index contributed by atoms with van der Waals surface area (Å²) in [5, 5.41) is 0. The highest BCUT2D eigenvalue weighted by Gasteiger charge is 2.11. The van der Waals surface area contributed by atoms with Crippen LogP contribution < -0.4 is 9.47 Å². The van der Waals surface area contributed by atoms with Crippen LogP contribution in [0.25, 0.3) is 6.08 Å². The van der Waals surface area contributed by atoms with Gasteiger partial charge in [-0.05, 0) is 42.5 Å². The molecule has 142 valence electrons. The van der Waals surface area contributed by atoms with Gasteiger partial charge < -0.3 is 14.2 Å². The Morgan fingerprint density at radius 2 is 1.81 bits per heavy atom. The molecule has 1 aromatic carbocycles. The van der Waals surface area contributed by atoms with E-state index in [1.54, 1.807) is 6.07 Å². The second-order valence-corrected chi connectivity index (χ2v) is 5.99. The lowest BCUT2D eigenvalue weighted by atomic mass is 9.98. The summed E-state index contributed by atoms with van der Waals surface area (Å²) in [4.78, 5) is 34.2. The predicted molar refractivity (Wildman–Crippen MR) is 100 cm³/mol. The number of ether oxygens (including phenoxy) is 3. The first-order valence-electron chi connectivity index (χ1n) is 8.63. The Balaban J connectivity index is 1.93. The maximum atomic E-state index is 11.8. The lowest BCUT2D eigenvalue weighted by Gasteiger charge is -2.12. The van der Waals surface area contributed by atoms with Gasteiger partial charge in [0.2, 0.25) is 0 Å². The number of esters is 3. The topological polar surface area (TPSA) is 78.9 Å². The first kappa shape index (κ1) is 20.2. The van der Waals surface area contributed by atoms with Gasteiger partial charge in [0.05, 0.1) is 6.61 Å². The molecule has 0 spiro atoms. The van der Waals surface area contributed by atoms with Gasteiger partial charge in [0, 0.05) is 19.9 Å². The number of allylic oxidation sites excluding steroid dienone is 4. The van der Waals surface area contributed by atoms with Crippen LogP contribution in [0, 0.1) is 5.92 Å². The molecule has 1 aromatic rings. The summed E-state index contributed by atoms with van der Waals surface area (Å²) >= 11 is 0. The fourth-order valence-electron chi connectivity index (χ4n) is 2.47. The maximum absolute atomic E-state index is 11.8. The molecular formula is C21H22O6. The number of carbonyl (C=O) groups excluding carboxylic acids is 3. The molecule has 6 nitrogen and oxygen atoms in total. The Morgan fingerprint density at radius 1 is 1.07 bits per heavy atom. The van der Waals surface area contributed by atoms with Gasteiger partial charge in [-0.25, -0.2) is 4.79 Å². The summed E-state index contributed by atoms with van der Waals surface area (Å²) < 4.78 is 15.2. The van der Waals surface area contributed by atoms with Crippen molar-refractivity contribution in [3.05, 3.63) is 54.1 Å². The molecule has 0 radical (unpaired) electrons. The minimum absolute atomic E-state index is 0.102. The van der Waals surface area contributed by atoms with Crippen molar-refractivity contribution in [2.75, 3.05) is 6.61 Å². The molecule has 0 aromatic heterocycles. The van der Waals surface area contributed by atoms with Crippen LogP contribution in [-0.2, 0) is 19.1 Å². The third kappa shape index (κ3) is 7.32. The first-order chi connectivity index (χ1) is 12.9. The SMILES string of the molecule is CC(=O)Oc1ccc(/C=C/C(=O)OCCC2C=CC=CC2)cc1OC(C)=O. The van der Waals surface area contributed by atoms with Gasteiger partial charge in [-0.2, -0.15) is 0 Å². The largest absolute Gasteiger partial charge is 0.463 e. The van der Waals surface area contributed by atoms with E-state index < -0.39 is 17.9 Å². The van der Waals surface area contributed by atoms with Crippen LogP contribution in [0.15, 0.2) is 48.6 Å². The molecule has 1 unspecified atom stereocenters. The molecule has 0 N–H and O–H groups in total. The maximum Gasteiger partial charge on any atom is 0.330 e. The normalized spacial score (nSPS) is 15.6. The van der Waals surface area contributed by atoms with E-state index >= 15 is 0 Å². The molecular weight excluding hydrogens is 348 g/mol. The molecule has 1 atom stereocenters. The third-order valence-corrected chi connectivity index (χ3v) is 3.69. The number of rotatable bonds is 7. The quantitative estimate of drug-likeness (QED) is 0.414. The van der Waals surface area contributed by atoms with Gasteiger partial charge in [0.25, 0.3) is 0 Å². The van der Waals surface area contributed by atoms with Crippen LogP contribution in [0.5, 0.6) is 11.5 Å². The van der Waals surface area contributed by atoms with Crippen molar-refractivity contribution >= 4 is 24.0 Å². The average molecular weight is 370 g/mol. The monoisotopic (exact) mass is 370 g/mol. The van der Waals surface area contributed by atoms with Crippen molar-refractivity contribution in [1.29, 1.82) is 0 Å².